The van der Waals surface area contributed by atoms with Gasteiger partial charge in [0.1, 0.15) is 5.82 Å². The van der Waals surface area contributed by atoms with Gasteiger partial charge in [0.15, 0.2) is 0 Å². The van der Waals surface area contributed by atoms with E-state index in [-0.39, 0.29) is 11.9 Å². The molecule has 3 N–H and O–H groups in total. The van der Waals surface area contributed by atoms with Crippen LogP contribution >= 0.6 is 11.3 Å². The average molecular weight is 318 g/mol. The molecule has 0 radical (unpaired) electrons. The number of carbonyl (C=O) groups is 2. The van der Waals surface area contributed by atoms with Gasteiger partial charge in [-0.25, -0.2) is 9.78 Å². The molecular weight excluding hydrogens is 300 g/mol. The standard InChI is InChI=1S/C15H18N4O2S/c1-3-7-17-15(21)19-13-5-4-12-14(18-13)11(9-22-12)6-8-16-10(2)20/h3-5,9H,1,6-8H2,2H3,(H,16,20)(H2,17,18,19,21). The molecule has 0 spiro atoms. The lowest BCUT2D eigenvalue weighted by Gasteiger charge is -2.06. The number of anilines is 1. The summed E-state index contributed by atoms with van der Waals surface area (Å²) in [5.74, 6) is 0.446. The zero-order chi connectivity index (χ0) is 15.9. The van der Waals surface area contributed by atoms with Gasteiger partial charge in [-0.15, -0.1) is 17.9 Å². The molecule has 3 amide bonds. The van der Waals surface area contributed by atoms with Crippen molar-refractivity contribution in [3.63, 3.8) is 0 Å². The molecule has 2 aromatic rings. The number of thiophene rings is 1. The molecule has 7 heteroatoms. The Morgan fingerprint density at radius 3 is 2.91 bits per heavy atom. The molecule has 0 bridgehead atoms. The van der Waals surface area contributed by atoms with Crippen molar-refractivity contribution in [2.45, 2.75) is 13.3 Å². The van der Waals surface area contributed by atoms with Gasteiger partial charge < -0.3 is 10.6 Å². The highest BCUT2D eigenvalue weighted by atomic mass is 32.1. The van der Waals surface area contributed by atoms with Crippen LogP contribution in [-0.4, -0.2) is 30.0 Å². The fourth-order valence-corrected chi connectivity index (χ4v) is 2.84. The van der Waals surface area contributed by atoms with Crippen molar-refractivity contribution < 1.29 is 9.59 Å². The highest BCUT2D eigenvalue weighted by Crippen LogP contribution is 2.26. The SMILES string of the molecule is C=CCNC(=O)Nc1ccc2scc(CCNC(C)=O)c2n1. The molecule has 0 aliphatic rings. The molecule has 6 nitrogen and oxygen atoms in total. The van der Waals surface area contributed by atoms with Crippen LogP contribution in [0.15, 0.2) is 30.2 Å². The molecular formula is C15H18N4O2S. The Bertz CT molecular complexity index is 696. The monoisotopic (exact) mass is 318 g/mol. The minimum absolute atomic E-state index is 0.0475. The first-order chi connectivity index (χ1) is 10.6. The number of aromatic nitrogens is 1. The van der Waals surface area contributed by atoms with E-state index in [0.717, 1.165) is 15.8 Å². The van der Waals surface area contributed by atoms with Crippen LogP contribution in [-0.2, 0) is 11.2 Å². The maximum absolute atomic E-state index is 11.6. The quantitative estimate of drug-likeness (QED) is 0.715. The number of hydrogen-bond donors (Lipinski definition) is 3. The molecule has 0 saturated carbocycles. The lowest BCUT2D eigenvalue weighted by atomic mass is 10.2. The Morgan fingerprint density at radius 1 is 1.36 bits per heavy atom. The number of fused-ring (bicyclic) bond motifs is 1. The predicted octanol–water partition coefficient (Wildman–Crippen LogP) is 2.28. The largest absolute Gasteiger partial charge is 0.356 e. The topological polar surface area (TPSA) is 83.1 Å². The number of rotatable bonds is 6. The number of carbonyl (C=O) groups excluding carboxylic acids is 2. The average Bonchev–Trinajstić information content (AvgIpc) is 2.87. The van der Waals surface area contributed by atoms with Gasteiger partial charge in [0, 0.05) is 20.0 Å². The summed E-state index contributed by atoms with van der Waals surface area (Å²) in [6, 6.07) is 3.38. The lowest BCUT2D eigenvalue weighted by Crippen LogP contribution is -2.28. The van der Waals surface area contributed by atoms with Crippen LogP contribution < -0.4 is 16.0 Å². The smallest absolute Gasteiger partial charge is 0.320 e. The summed E-state index contributed by atoms with van der Waals surface area (Å²) in [5.41, 5.74) is 1.92. The van der Waals surface area contributed by atoms with Crippen LogP contribution in [0, 0.1) is 0 Å². The molecule has 0 unspecified atom stereocenters. The number of nitrogens with zero attached hydrogens (tertiary/aromatic N) is 1. The van der Waals surface area contributed by atoms with E-state index in [2.05, 4.69) is 27.5 Å². The van der Waals surface area contributed by atoms with E-state index < -0.39 is 0 Å². The summed E-state index contributed by atoms with van der Waals surface area (Å²) in [5, 5.41) is 10.1. The van der Waals surface area contributed by atoms with Gasteiger partial charge in [-0.1, -0.05) is 6.08 Å². The number of nitrogens with one attached hydrogen (secondary N) is 3. The van der Waals surface area contributed by atoms with E-state index in [9.17, 15) is 9.59 Å². The van der Waals surface area contributed by atoms with E-state index >= 15 is 0 Å². The number of urea groups is 1. The molecule has 0 aliphatic carbocycles. The summed E-state index contributed by atoms with van der Waals surface area (Å²) < 4.78 is 1.05. The Labute approximate surface area is 132 Å². The summed E-state index contributed by atoms with van der Waals surface area (Å²) in [6.07, 6.45) is 2.31. The second-order valence-electron chi connectivity index (χ2n) is 4.66. The van der Waals surface area contributed by atoms with Gasteiger partial charge >= 0.3 is 6.03 Å². The zero-order valence-electron chi connectivity index (χ0n) is 12.3. The van der Waals surface area contributed by atoms with Crippen molar-refractivity contribution >= 4 is 39.3 Å². The Balaban J connectivity index is 2.09. The third kappa shape index (κ3) is 4.29. The van der Waals surface area contributed by atoms with Gasteiger partial charge in [0.2, 0.25) is 5.91 Å². The third-order valence-corrected chi connectivity index (χ3v) is 3.89. The summed E-state index contributed by atoms with van der Waals surface area (Å²) >= 11 is 1.60. The van der Waals surface area contributed by atoms with E-state index in [1.807, 2.05) is 11.4 Å². The van der Waals surface area contributed by atoms with E-state index in [4.69, 9.17) is 0 Å². The summed E-state index contributed by atoms with van der Waals surface area (Å²) in [6.45, 7) is 6.00. The molecule has 116 valence electrons. The molecule has 0 atom stereocenters. The van der Waals surface area contributed by atoms with Crippen LogP contribution in [0.5, 0.6) is 0 Å². The minimum Gasteiger partial charge on any atom is -0.356 e. The van der Waals surface area contributed by atoms with Crippen LogP contribution in [0.3, 0.4) is 0 Å². The molecule has 0 aromatic carbocycles. The summed E-state index contributed by atoms with van der Waals surface area (Å²) in [7, 11) is 0. The van der Waals surface area contributed by atoms with E-state index in [1.54, 1.807) is 23.5 Å². The molecule has 2 heterocycles. The zero-order valence-corrected chi connectivity index (χ0v) is 13.1. The normalized spacial score (nSPS) is 10.2. The van der Waals surface area contributed by atoms with Crippen molar-refractivity contribution in [1.82, 2.24) is 15.6 Å². The van der Waals surface area contributed by atoms with Crippen molar-refractivity contribution in [3.05, 3.63) is 35.7 Å². The first-order valence-electron chi connectivity index (χ1n) is 6.87. The lowest BCUT2D eigenvalue weighted by molar-refractivity contribution is -0.118. The predicted molar refractivity (Wildman–Crippen MR) is 89.2 cm³/mol. The molecule has 0 aliphatic heterocycles. The second kappa shape index (κ2) is 7.56. The fourth-order valence-electron chi connectivity index (χ4n) is 1.91. The maximum atomic E-state index is 11.6. The second-order valence-corrected chi connectivity index (χ2v) is 5.57. The van der Waals surface area contributed by atoms with E-state index in [1.165, 1.54) is 6.92 Å². The third-order valence-electron chi connectivity index (χ3n) is 2.91. The van der Waals surface area contributed by atoms with Crippen LogP contribution in [0.4, 0.5) is 10.6 Å². The fraction of sp³-hybridized carbons (Fsp3) is 0.267. The number of amides is 3. The van der Waals surface area contributed by atoms with Gasteiger partial charge in [0.05, 0.1) is 10.2 Å². The highest BCUT2D eigenvalue weighted by Gasteiger charge is 2.08. The van der Waals surface area contributed by atoms with Crippen molar-refractivity contribution in [3.8, 4) is 0 Å². The van der Waals surface area contributed by atoms with Crippen LogP contribution in [0.2, 0.25) is 0 Å². The van der Waals surface area contributed by atoms with Crippen molar-refractivity contribution in [2.75, 3.05) is 18.4 Å². The first-order valence-corrected chi connectivity index (χ1v) is 7.75. The molecule has 0 saturated heterocycles. The number of pyridine rings is 1. The Kier molecular flexibility index (Phi) is 5.48. The molecule has 22 heavy (non-hydrogen) atoms. The first kappa shape index (κ1) is 16.0. The van der Waals surface area contributed by atoms with Gasteiger partial charge in [-0.2, -0.15) is 0 Å². The Morgan fingerprint density at radius 2 is 2.18 bits per heavy atom. The number of hydrogen-bond acceptors (Lipinski definition) is 4. The molecule has 2 rings (SSSR count). The van der Waals surface area contributed by atoms with Crippen LogP contribution in [0.25, 0.3) is 10.2 Å². The summed E-state index contributed by atoms with van der Waals surface area (Å²) in [4.78, 5) is 27.0. The van der Waals surface area contributed by atoms with Crippen molar-refractivity contribution in [2.24, 2.45) is 0 Å². The van der Waals surface area contributed by atoms with Gasteiger partial charge in [-0.05, 0) is 29.5 Å². The van der Waals surface area contributed by atoms with E-state index in [0.29, 0.717) is 25.3 Å². The highest BCUT2D eigenvalue weighted by molar-refractivity contribution is 7.17. The molecule has 0 fully saturated rings. The molecule has 2 aromatic heterocycles. The maximum Gasteiger partial charge on any atom is 0.320 e. The van der Waals surface area contributed by atoms with Crippen LogP contribution in [0.1, 0.15) is 12.5 Å². The van der Waals surface area contributed by atoms with Gasteiger partial charge in [0.25, 0.3) is 0 Å². The minimum atomic E-state index is -0.318. The van der Waals surface area contributed by atoms with Gasteiger partial charge in [-0.3, -0.25) is 10.1 Å². The Hall–Kier alpha value is -2.41. The van der Waals surface area contributed by atoms with Crippen molar-refractivity contribution in [1.29, 1.82) is 0 Å².